The smallest absolute Gasteiger partial charge is 0.177 e. The van der Waals surface area contributed by atoms with Gasteiger partial charge in [-0.3, -0.25) is 0 Å². The maximum absolute atomic E-state index is 5.77. The zero-order valence-corrected chi connectivity index (χ0v) is 12.7. The molecule has 0 atom stereocenters. The second kappa shape index (κ2) is 5.44. The molecule has 0 saturated heterocycles. The molecule has 2 aromatic heterocycles. The third-order valence-electron chi connectivity index (χ3n) is 2.49. The number of hydrogen-bond donors (Lipinski definition) is 1. The number of fused-ring (bicyclic) bond motifs is 1. The summed E-state index contributed by atoms with van der Waals surface area (Å²) in [5, 5.41) is 0. The molecule has 0 aliphatic rings. The van der Waals surface area contributed by atoms with Gasteiger partial charge in [-0.05, 0) is 47.9 Å². The van der Waals surface area contributed by atoms with Crippen molar-refractivity contribution in [2.24, 2.45) is 0 Å². The SMILES string of the molecule is CCCc1nsc(Sc2nc3ccc(N)cc3s2)n1. The molecular weight excluding hydrogens is 296 g/mol. The standard InChI is InChI=1S/C12H12N4S3/c1-2-3-10-15-12(19-16-10)18-11-14-8-5-4-7(13)6-9(8)17-11/h4-6H,2-3,13H2,1H3. The van der Waals surface area contributed by atoms with Crippen LogP contribution in [-0.4, -0.2) is 14.3 Å². The lowest BCUT2D eigenvalue weighted by atomic mass is 10.3. The predicted octanol–water partition coefficient (Wildman–Crippen LogP) is 3.83. The molecule has 0 aliphatic carbocycles. The van der Waals surface area contributed by atoms with E-state index in [9.17, 15) is 0 Å². The minimum Gasteiger partial charge on any atom is -0.399 e. The van der Waals surface area contributed by atoms with Gasteiger partial charge in [-0.25, -0.2) is 9.97 Å². The lowest BCUT2D eigenvalue weighted by Gasteiger charge is -1.88. The molecule has 19 heavy (non-hydrogen) atoms. The normalized spacial score (nSPS) is 11.2. The summed E-state index contributed by atoms with van der Waals surface area (Å²) in [4.78, 5) is 9.06. The number of nitrogens with two attached hydrogens (primary N) is 1. The molecule has 3 aromatic rings. The van der Waals surface area contributed by atoms with Crippen LogP contribution in [-0.2, 0) is 6.42 Å². The zero-order chi connectivity index (χ0) is 13.2. The number of thiazole rings is 1. The van der Waals surface area contributed by atoms with E-state index in [1.165, 1.54) is 11.5 Å². The minimum atomic E-state index is 0.772. The first kappa shape index (κ1) is 12.8. The highest BCUT2D eigenvalue weighted by Crippen LogP contribution is 2.35. The van der Waals surface area contributed by atoms with E-state index in [4.69, 9.17) is 5.73 Å². The van der Waals surface area contributed by atoms with Crippen LogP contribution in [0.15, 0.2) is 26.9 Å². The highest BCUT2D eigenvalue weighted by atomic mass is 32.2. The fraction of sp³-hybridized carbons (Fsp3) is 0.250. The van der Waals surface area contributed by atoms with Crippen LogP contribution in [0, 0.1) is 0 Å². The molecule has 0 bridgehead atoms. The molecule has 0 aliphatic heterocycles. The molecule has 1 aromatic carbocycles. The molecule has 7 heteroatoms. The Bertz CT molecular complexity index is 704. The van der Waals surface area contributed by atoms with E-state index in [0.717, 1.165) is 43.2 Å². The topological polar surface area (TPSA) is 64.7 Å². The number of rotatable bonds is 4. The van der Waals surface area contributed by atoms with E-state index >= 15 is 0 Å². The van der Waals surface area contributed by atoms with E-state index < -0.39 is 0 Å². The molecule has 0 unspecified atom stereocenters. The van der Waals surface area contributed by atoms with Crippen LogP contribution in [0.2, 0.25) is 0 Å². The van der Waals surface area contributed by atoms with Gasteiger partial charge < -0.3 is 5.73 Å². The summed E-state index contributed by atoms with van der Waals surface area (Å²) in [6.45, 7) is 2.13. The van der Waals surface area contributed by atoms with Crippen LogP contribution in [0.25, 0.3) is 10.2 Å². The van der Waals surface area contributed by atoms with Crippen molar-refractivity contribution >= 4 is 50.5 Å². The van der Waals surface area contributed by atoms with Gasteiger partial charge in [0.25, 0.3) is 0 Å². The van der Waals surface area contributed by atoms with Crippen LogP contribution < -0.4 is 5.73 Å². The van der Waals surface area contributed by atoms with Gasteiger partial charge >= 0.3 is 0 Å². The first-order valence-corrected chi connectivity index (χ1v) is 8.31. The molecule has 0 radical (unpaired) electrons. The Labute approximate surface area is 123 Å². The van der Waals surface area contributed by atoms with Gasteiger partial charge in [-0.15, -0.1) is 11.3 Å². The molecule has 0 fully saturated rings. The number of nitrogens with zero attached hydrogens (tertiary/aromatic N) is 3. The van der Waals surface area contributed by atoms with Gasteiger partial charge in [-0.2, -0.15) is 4.37 Å². The van der Waals surface area contributed by atoms with Gasteiger partial charge in [0.05, 0.1) is 10.2 Å². The second-order valence-electron chi connectivity index (χ2n) is 4.04. The Kier molecular flexibility index (Phi) is 3.67. The predicted molar refractivity (Wildman–Crippen MR) is 82.1 cm³/mol. The molecule has 3 rings (SSSR count). The number of aromatic nitrogens is 3. The van der Waals surface area contributed by atoms with Crippen LogP contribution in [0.5, 0.6) is 0 Å². The number of benzene rings is 1. The molecule has 2 N–H and O–H groups in total. The molecular formula is C12H12N4S3. The first-order chi connectivity index (χ1) is 9.24. The number of aryl methyl sites for hydroxylation is 1. The monoisotopic (exact) mass is 308 g/mol. The third-order valence-corrected chi connectivity index (χ3v) is 5.36. The van der Waals surface area contributed by atoms with Crippen LogP contribution in [0.3, 0.4) is 0 Å². The highest BCUT2D eigenvalue weighted by molar-refractivity contribution is 8.02. The number of anilines is 1. The van der Waals surface area contributed by atoms with Crippen LogP contribution >= 0.6 is 34.6 Å². The van der Waals surface area contributed by atoms with E-state index in [2.05, 4.69) is 21.3 Å². The summed E-state index contributed by atoms with van der Waals surface area (Å²) in [5.74, 6) is 0.931. The summed E-state index contributed by atoms with van der Waals surface area (Å²) >= 11 is 4.66. The Hall–Kier alpha value is -1.18. The number of hydrogen-bond acceptors (Lipinski definition) is 7. The van der Waals surface area contributed by atoms with Gasteiger partial charge in [0.1, 0.15) is 5.82 Å². The van der Waals surface area contributed by atoms with Crippen LogP contribution in [0.4, 0.5) is 5.69 Å². The van der Waals surface area contributed by atoms with Crippen molar-refractivity contribution in [3.63, 3.8) is 0 Å². The molecule has 98 valence electrons. The Balaban J connectivity index is 1.83. The summed E-state index contributed by atoms with van der Waals surface area (Å²) in [6.07, 6.45) is 2.01. The second-order valence-corrected chi connectivity index (χ2v) is 7.31. The maximum atomic E-state index is 5.77. The van der Waals surface area contributed by atoms with E-state index in [0.29, 0.717) is 0 Å². The molecule has 0 saturated carbocycles. The summed E-state index contributed by atoms with van der Waals surface area (Å²) in [7, 11) is 0. The lowest BCUT2D eigenvalue weighted by Crippen LogP contribution is -1.84. The first-order valence-electron chi connectivity index (χ1n) is 5.91. The Morgan fingerprint density at radius 3 is 3.00 bits per heavy atom. The molecule has 0 spiro atoms. The van der Waals surface area contributed by atoms with Crippen molar-refractivity contribution in [3.05, 3.63) is 24.0 Å². The van der Waals surface area contributed by atoms with Gasteiger partial charge in [0.15, 0.2) is 8.68 Å². The minimum absolute atomic E-state index is 0.772. The summed E-state index contributed by atoms with van der Waals surface area (Å²) in [5.41, 5.74) is 7.53. The van der Waals surface area contributed by atoms with Crippen molar-refractivity contribution in [3.8, 4) is 0 Å². The van der Waals surface area contributed by atoms with Crippen molar-refractivity contribution in [1.82, 2.24) is 14.3 Å². The van der Waals surface area contributed by atoms with Gasteiger partial charge in [0, 0.05) is 12.1 Å². The third kappa shape index (κ3) is 2.88. The van der Waals surface area contributed by atoms with E-state index in [-0.39, 0.29) is 0 Å². The quantitative estimate of drug-likeness (QED) is 0.742. The van der Waals surface area contributed by atoms with Gasteiger partial charge in [-0.1, -0.05) is 6.92 Å². The zero-order valence-electron chi connectivity index (χ0n) is 10.3. The van der Waals surface area contributed by atoms with Crippen LogP contribution in [0.1, 0.15) is 19.2 Å². The molecule has 2 heterocycles. The van der Waals surface area contributed by atoms with Gasteiger partial charge in [0.2, 0.25) is 0 Å². The van der Waals surface area contributed by atoms with Crippen molar-refractivity contribution in [1.29, 1.82) is 0 Å². The molecule has 4 nitrogen and oxygen atoms in total. The number of nitrogen functional groups attached to an aromatic ring is 1. The summed E-state index contributed by atoms with van der Waals surface area (Å²) < 4.78 is 7.39. The summed E-state index contributed by atoms with van der Waals surface area (Å²) in [6, 6.07) is 5.79. The highest BCUT2D eigenvalue weighted by Gasteiger charge is 2.10. The van der Waals surface area contributed by atoms with E-state index in [1.807, 2.05) is 18.2 Å². The average Bonchev–Trinajstić information content (AvgIpc) is 2.96. The van der Waals surface area contributed by atoms with Crippen molar-refractivity contribution in [2.45, 2.75) is 28.4 Å². The Morgan fingerprint density at radius 2 is 2.16 bits per heavy atom. The fourth-order valence-corrected chi connectivity index (χ4v) is 4.62. The Morgan fingerprint density at radius 1 is 1.26 bits per heavy atom. The lowest BCUT2D eigenvalue weighted by molar-refractivity contribution is 0.850. The van der Waals surface area contributed by atoms with Crippen molar-refractivity contribution < 1.29 is 0 Å². The van der Waals surface area contributed by atoms with Crippen molar-refractivity contribution in [2.75, 3.05) is 5.73 Å². The average molecular weight is 308 g/mol. The maximum Gasteiger partial charge on any atom is 0.177 e. The van der Waals surface area contributed by atoms with E-state index in [1.54, 1.807) is 23.1 Å². The fourth-order valence-electron chi connectivity index (χ4n) is 1.64. The molecule has 0 amide bonds. The largest absolute Gasteiger partial charge is 0.399 e.